The van der Waals surface area contributed by atoms with Gasteiger partial charge in [0, 0.05) is 0 Å². The predicted octanol–water partition coefficient (Wildman–Crippen LogP) is 1.83. The van der Waals surface area contributed by atoms with Crippen molar-refractivity contribution < 1.29 is 10.2 Å². The summed E-state index contributed by atoms with van der Waals surface area (Å²) in [5.41, 5.74) is 0.473. The van der Waals surface area contributed by atoms with E-state index in [1.165, 1.54) is 0 Å². The fourth-order valence-electron chi connectivity index (χ4n) is 0.673. The first-order chi connectivity index (χ1) is 4.30. The Morgan fingerprint density at radius 2 is 1.78 bits per heavy atom. The maximum absolute atomic E-state index is 8.51. The van der Waals surface area contributed by atoms with Crippen LogP contribution in [-0.4, -0.2) is 10.2 Å². The van der Waals surface area contributed by atoms with Crippen LogP contribution in [0.25, 0.3) is 0 Å². The molecule has 0 aromatic carbocycles. The summed E-state index contributed by atoms with van der Waals surface area (Å²) in [5.74, 6) is -0.609. The molecule has 2 nitrogen and oxygen atoms in total. The van der Waals surface area contributed by atoms with Crippen molar-refractivity contribution in [2.24, 2.45) is 0 Å². The summed E-state index contributed by atoms with van der Waals surface area (Å²) in [6, 6.07) is 0. The summed E-state index contributed by atoms with van der Waals surface area (Å²) in [7, 11) is 0. The summed E-state index contributed by atoms with van der Waals surface area (Å²) in [5, 5.41) is 17.0. The second-order valence-corrected chi connectivity index (χ2v) is 1.82. The molecule has 9 heavy (non-hydrogen) atoms. The smallest absolute Gasteiger partial charge is 0.281 e. The SMILES string of the molecule is OC(O)=C1C=CCC=C1. The van der Waals surface area contributed by atoms with Crippen LogP contribution in [0, 0.1) is 0 Å². The van der Waals surface area contributed by atoms with Gasteiger partial charge in [-0.05, 0) is 6.42 Å². The minimum absolute atomic E-state index is 0.473. The van der Waals surface area contributed by atoms with E-state index in [4.69, 9.17) is 10.2 Å². The zero-order valence-electron chi connectivity index (χ0n) is 4.91. The Hall–Kier alpha value is -1.18. The fourth-order valence-corrected chi connectivity index (χ4v) is 0.673. The molecule has 0 bridgehead atoms. The van der Waals surface area contributed by atoms with Crippen molar-refractivity contribution >= 4 is 0 Å². The van der Waals surface area contributed by atoms with Gasteiger partial charge in [0.25, 0.3) is 5.95 Å². The van der Waals surface area contributed by atoms with Crippen molar-refractivity contribution in [2.75, 3.05) is 0 Å². The van der Waals surface area contributed by atoms with E-state index < -0.39 is 5.95 Å². The van der Waals surface area contributed by atoms with E-state index in [0.717, 1.165) is 6.42 Å². The van der Waals surface area contributed by atoms with Gasteiger partial charge in [-0.15, -0.1) is 0 Å². The van der Waals surface area contributed by atoms with E-state index >= 15 is 0 Å². The highest BCUT2D eigenvalue weighted by Crippen LogP contribution is 2.09. The Labute approximate surface area is 53.4 Å². The van der Waals surface area contributed by atoms with E-state index in [1.54, 1.807) is 12.2 Å². The quantitative estimate of drug-likeness (QED) is 0.483. The van der Waals surface area contributed by atoms with Crippen LogP contribution >= 0.6 is 0 Å². The van der Waals surface area contributed by atoms with Crippen molar-refractivity contribution in [2.45, 2.75) is 6.42 Å². The highest BCUT2D eigenvalue weighted by atomic mass is 16.5. The van der Waals surface area contributed by atoms with Crippen molar-refractivity contribution in [3.63, 3.8) is 0 Å². The molecule has 48 valence electrons. The Morgan fingerprint density at radius 3 is 2.11 bits per heavy atom. The van der Waals surface area contributed by atoms with Gasteiger partial charge in [-0.2, -0.15) is 0 Å². The van der Waals surface area contributed by atoms with E-state index in [-0.39, 0.29) is 0 Å². The molecule has 0 saturated carbocycles. The largest absolute Gasteiger partial charge is 0.481 e. The van der Waals surface area contributed by atoms with E-state index in [9.17, 15) is 0 Å². The minimum atomic E-state index is -0.609. The second-order valence-electron chi connectivity index (χ2n) is 1.82. The molecule has 0 fully saturated rings. The van der Waals surface area contributed by atoms with Gasteiger partial charge in [0.05, 0.1) is 5.57 Å². The highest BCUT2D eigenvalue weighted by Gasteiger charge is 1.96. The van der Waals surface area contributed by atoms with Crippen molar-refractivity contribution in [1.29, 1.82) is 0 Å². The average Bonchev–Trinajstić information content (AvgIpc) is 1.90. The molecule has 0 unspecified atom stereocenters. The molecule has 0 radical (unpaired) electrons. The molecule has 1 rings (SSSR count). The Bertz CT molecular complexity index is 169. The third-order valence-corrected chi connectivity index (χ3v) is 1.13. The number of hydrogen-bond donors (Lipinski definition) is 2. The van der Waals surface area contributed by atoms with Gasteiger partial charge in [-0.1, -0.05) is 24.3 Å². The molecular formula is C7H8O2. The van der Waals surface area contributed by atoms with Gasteiger partial charge in [0.1, 0.15) is 0 Å². The average molecular weight is 124 g/mol. The first-order valence-corrected chi connectivity index (χ1v) is 2.76. The molecule has 2 heteroatoms. The molecule has 0 spiro atoms. The van der Waals surface area contributed by atoms with E-state index in [2.05, 4.69) is 0 Å². The lowest BCUT2D eigenvalue weighted by molar-refractivity contribution is 0.188. The number of allylic oxidation sites excluding steroid dienone is 5. The lowest BCUT2D eigenvalue weighted by Crippen LogP contribution is -1.85. The maximum Gasteiger partial charge on any atom is 0.281 e. The first kappa shape index (κ1) is 5.95. The Balaban J connectivity index is 2.83. The van der Waals surface area contributed by atoms with Crippen LogP contribution in [-0.2, 0) is 0 Å². The predicted molar refractivity (Wildman–Crippen MR) is 35.2 cm³/mol. The molecule has 0 aromatic rings. The van der Waals surface area contributed by atoms with Crippen LogP contribution in [0.4, 0.5) is 0 Å². The molecule has 0 aliphatic heterocycles. The van der Waals surface area contributed by atoms with Crippen molar-refractivity contribution in [1.82, 2.24) is 0 Å². The lowest BCUT2D eigenvalue weighted by atomic mass is 10.1. The molecule has 0 heterocycles. The molecule has 0 saturated heterocycles. The van der Waals surface area contributed by atoms with Crippen LogP contribution in [0.3, 0.4) is 0 Å². The zero-order chi connectivity index (χ0) is 6.69. The number of rotatable bonds is 0. The minimum Gasteiger partial charge on any atom is -0.481 e. The lowest BCUT2D eigenvalue weighted by Gasteiger charge is -1.97. The van der Waals surface area contributed by atoms with E-state index in [1.807, 2.05) is 12.2 Å². The second kappa shape index (κ2) is 2.40. The van der Waals surface area contributed by atoms with Crippen molar-refractivity contribution in [3.8, 4) is 0 Å². The monoisotopic (exact) mass is 124 g/mol. The normalized spacial score (nSPS) is 16.2. The molecule has 1 aliphatic carbocycles. The number of hydrogen-bond acceptors (Lipinski definition) is 2. The number of aliphatic hydroxyl groups excluding tert-OH is 1. The highest BCUT2D eigenvalue weighted by molar-refractivity contribution is 5.34. The van der Waals surface area contributed by atoms with Gasteiger partial charge in [0.15, 0.2) is 0 Å². The maximum atomic E-state index is 8.51. The van der Waals surface area contributed by atoms with E-state index in [0.29, 0.717) is 5.57 Å². The summed E-state index contributed by atoms with van der Waals surface area (Å²) in [6.45, 7) is 0. The van der Waals surface area contributed by atoms with Crippen molar-refractivity contribution in [3.05, 3.63) is 35.8 Å². The van der Waals surface area contributed by atoms with Crippen LogP contribution < -0.4 is 0 Å². The molecule has 1 aliphatic rings. The topological polar surface area (TPSA) is 40.5 Å². The van der Waals surface area contributed by atoms with Gasteiger partial charge >= 0.3 is 0 Å². The van der Waals surface area contributed by atoms with Crippen LogP contribution in [0.15, 0.2) is 35.8 Å². The third-order valence-electron chi connectivity index (χ3n) is 1.13. The Kier molecular flexibility index (Phi) is 1.58. The standard InChI is InChI=1S/C7H8O2/c8-7(9)6-4-2-1-3-5-6/h2-5,8-9H,1H2. The zero-order valence-corrected chi connectivity index (χ0v) is 4.91. The third kappa shape index (κ3) is 1.35. The summed E-state index contributed by atoms with van der Waals surface area (Å²) < 4.78 is 0. The van der Waals surface area contributed by atoms with Gasteiger partial charge in [-0.3, -0.25) is 0 Å². The summed E-state index contributed by atoms with van der Waals surface area (Å²) in [6.07, 6.45) is 7.95. The van der Waals surface area contributed by atoms with Crippen LogP contribution in [0.1, 0.15) is 6.42 Å². The van der Waals surface area contributed by atoms with Crippen LogP contribution in [0.5, 0.6) is 0 Å². The summed E-state index contributed by atoms with van der Waals surface area (Å²) in [4.78, 5) is 0. The molecule has 2 N–H and O–H groups in total. The first-order valence-electron chi connectivity index (χ1n) is 2.76. The van der Waals surface area contributed by atoms with Gasteiger partial charge in [0.2, 0.25) is 0 Å². The molecule has 0 amide bonds. The van der Waals surface area contributed by atoms with Gasteiger partial charge in [-0.25, -0.2) is 0 Å². The van der Waals surface area contributed by atoms with Gasteiger partial charge < -0.3 is 10.2 Å². The molecule has 0 aromatic heterocycles. The van der Waals surface area contributed by atoms with Crippen LogP contribution in [0.2, 0.25) is 0 Å². The fraction of sp³-hybridized carbons (Fsp3) is 0.143. The summed E-state index contributed by atoms with van der Waals surface area (Å²) >= 11 is 0. The Morgan fingerprint density at radius 1 is 1.22 bits per heavy atom. The molecule has 0 atom stereocenters. The molecular weight excluding hydrogens is 116 g/mol. The number of aliphatic hydroxyl groups is 2.